The molecule has 0 radical (unpaired) electrons. The maximum atomic E-state index is 13.0. The number of carboxylic acid groups (broad SMARTS) is 1. The monoisotopic (exact) mass is 203 g/mol. The SMILES string of the molecule is NC(C(=O)O)c1ccc(O)c(F)c1F. The standard InChI is InChI=1S/C8H7F2NO3/c9-5-3(7(11)8(13)14)1-2-4(12)6(5)10/h1-2,7,12H,11H2,(H,13,14). The number of benzene rings is 1. The number of nitrogens with two attached hydrogens (primary N) is 1. The summed E-state index contributed by atoms with van der Waals surface area (Å²) in [5.41, 5.74) is 4.56. The van der Waals surface area contributed by atoms with Crippen molar-refractivity contribution in [2.24, 2.45) is 5.73 Å². The number of aromatic hydroxyl groups is 1. The highest BCUT2D eigenvalue weighted by atomic mass is 19.2. The van der Waals surface area contributed by atoms with Gasteiger partial charge in [0.2, 0.25) is 5.82 Å². The Morgan fingerprint density at radius 1 is 1.36 bits per heavy atom. The van der Waals surface area contributed by atoms with Crippen LogP contribution in [-0.4, -0.2) is 16.2 Å². The van der Waals surface area contributed by atoms with E-state index in [-0.39, 0.29) is 0 Å². The Morgan fingerprint density at radius 2 is 1.93 bits per heavy atom. The van der Waals surface area contributed by atoms with E-state index in [1.165, 1.54) is 0 Å². The summed E-state index contributed by atoms with van der Waals surface area (Å²) in [6.07, 6.45) is 0. The van der Waals surface area contributed by atoms with Gasteiger partial charge in [0.15, 0.2) is 11.6 Å². The fraction of sp³-hybridized carbons (Fsp3) is 0.125. The number of phenols is 1. The minimum Gasteiger partial charge on any atom is -0.505 e. The number of carboxylic acids is 1. The number of hydrogen-bond acceptors (Lipinski definition) is 3. The van der Waals surface area contributed by atoms with E-state index in [1.54, 1.807) is 0 Å². The highest BCUT2D eigenvalue weighted by molar-refractivity contribution is 5.75. The molecule has 0 bridgehead atoms. The fourth-order valence-electron chi connectivity index (χ4n) is 0.927. The van der Waals surface area contributed by atoms with Crippen LogP contribution in [0.3, 0.4) is 0 Å². The zero-order valence-electron chi connectivity index (χ0n) is 6.87. The number of hydrogen-bond donors (Lipinski definition) is 3. The minimum atomic E-state index is -1.65. The van der Waals surface area contributed by atoms with Gasteiger partial charge in [0.1, 0.15) is 6.04 Å². The molecule has 0 saturated carbocycles. The van der Waals surface area contributed by atoms with Crippen LogP contribution in [0.4, 0.5) is 8.78 Å². The van der Waals surface area contributed by atoms with Crippen LogP contribution in [0.25, 0.3) is 0 Å². The molecule has 1 aromatic carbocycles. The normalized spacial score (nSPS) is 12.5. The van der Waals surface area contributed by atoms with Gasteiger partial charge >= 0.3 is 5.97 Å². The van der Waals surface area contributed by atoms with Crippen molar-refractivity contribution in [3.8, 4) is 5.75 Å². The molecule has 0 fully saturated rings. The summed E-state index contributed by atoms with van der Waals surface area (Å²) in [5.74, 6) is -5.31. The maximum Gasteiger partial charge on any atom is 0.325 e. The molecule has 1 rings (SSSR count). The molecule has 0 spiro atoms. The van der Waals surface area contributed by atoms with Crippen LogP contribution >= 0.6 is 0 Å². The lowest BCUT2D eigenvalue weighted by molar-refractivity contribution is -0.138. The van der Waals surface area contributed by atoms with E-state index in [4.69, 9.17) is 15.9 Å². The lowest BCUT2D eigenvalue weighted by Crippen LogP contribution is -2.22. The van der Waals surface area contributed by atoms with E-state index in [1.807, 2.05) is 0 Å². The molecule has 14 heavy (non-hydrogen) atoms. The zero-order valence-corrected chi connectivity index (χ0v) is 6.87. The molecule has 0 aliphatic heterocycles. The van der Waals surface area contributed by atoms with Gasteiger partial charge < -0.3 is 15.9 Å². The molecule has 0 aliphatic rings. The van der Waals surface area contributed by atoms with Crippen molar-refractivity contribution in [1.29, 1.82) is 0 Å². The van der Waals surface area contributed by atoms with Crippen molar-refractivity contribution in [1.82, 2.24) is 0 Å². The lowest BCUT2D eigenvalue weighted by Gasteiger charge is -2.08. The van der Waals surface area contributed by atoms with Crippen molar-refractivity contribution >= 4 is 5.97 Å². The predicted octanol–water partition coefficient (Wildman–Crippen LogP) is 0.755. The molecule has 6 heteroatoms. The summed E-state index contributed by atoms with van der Waals surface area (Å²) in [7, 11) is 0. The Balaban J connectivity index is 3.24. The molecule has 0 aromatic heterocycles. The Labute approximate surface area is 77.6 Å². The molecule has 1 aromatic rings. The first-order chi connectivity index (χ1) is 6.45. The fourth-order valence-corrected chi connectivity index (χ4v) is 0.927. The molecule has 76 valence electrons. The predicted molar refractivity (Wildman–Crippen MR) is 42.6 cm³/mol. The number of phenolic OH excluding ortho intramolecular Hbond substituents is 1. The Kier molecular flexibility index (Phi) is 2.66. The number of halogens is 2. The van der Waals surface area contributed by atoms with Crippen LogP contribution in [-0.2, 0) is 4.79 Å². The van der Waals surface area contributed by atoms with Gasteiger partial charge in [-0.05, 0) is 6.07 Å². The Bertz CT molecular complexity index is 381. The maximum absolute atomic E-state index is 13.0. The summed E-state index contributed by atoms with van der Waals surface area (Å²) >= 11 is 0. The van der Waals surface area contributed by atoms with E-state index >= 15 is 0 Å². The largest absolute Gasteiger partial charge is 0.505 e. The molecule has 1 unspecified atom stereocenters. The number of rotatable bonds is 2. The molecule has 0 saturated heterocycles. The molecule has 1 atom stereocenters. The molecule has 0 aliphatic carbocycles. The van der Waals surface area contributed by atoms with Gasteiger partial charge in [-0.3, -0.25) is 4.79 Å². The van der Waals surface area contributed by atoms with E-state index in [9.17, 15) is 13.6 Å². The average molecular weight is 203 g/mol. The number of aliphatic carboxylic acids is 1. The van der Waals surface area contributed by atoms with Crippen molar-refractivity contribution in [2.45, 2.75) is 6.04 Å². The smallest absolute Gasteiger partial charge is 0.325 e. The molecule has 4 N–H and O–H groups in total. The van der Waals surface area contributed by atoms with E-state index in [0.717, 1.165) is 12.1 Å². The summed E-state index contributed by atoms with van der Waals surface area (Å²) in [6.45, 7) is 0. The van der Waals surface area contributed by atoms with Crippen LogP contribution in [0.1, 0.15) is 11.6 Å². The van der Waals surface area contributed by atoms with E-state index < -0.39 is 35.0 Å². The topological polar surface area (TPSA) is 83.6 Å². The van der Waals surface area contributed by atoms with Crippen LogP contribution in [0.15, 0.2) is 12.1 Å². The van der Waals surface area contributed by atoms with Gasteiger partial charge in [0.25, 0.3) is 0 Å². The zero-order chi connectivity index (χ0) is 10.9. The molecule has 4 nitrogen and oxygen atoms in total. The third-order valence-corrected chi connectivity index (χ3v) is 1.69. The van der Waals surface area contributed by atoms with Gasteiger partial charge in [-0.2, -0.15) is 4.39 Å². The summed E-state index contributed by atoms with van der Waals surface area (Å²) in [5, 5.41) is 17.2. The van der Waals surface area contributed by atoms with Crippen molar-refractivity contribution < 1.29 is 23.8 Å². The van der Waals surface area contributed by atoms with Crippen LogP contribution in [0.5, 0.6) is 5.75 Å². The second-order valence-electron chi connectivity index (χ2n) is 2.62. The van der Waals surface area contributed by atoms with Crippen LogP contribution < -0.4 is 5.73 Å². The molecule has 0 heterocycles. The summed E-state index contributed by atoms with van der Waals surface area (Å²) < 4.78 is 25.7. The van der Waals surface area contributed by atoms with E-state index in [2.05, 4.69) is 0 Å². The highest BCUT2D eigenvalue weighted by Gasteiger charge is 2.22. The molecular weight excluding hydrogens is 196 g/mol. The van der Waals surface area contributed by atoms with E-state index in [0.29, 0.717) is 0 Å². The summed E-state index contributed by atoms with van der Waals surface area (Å²) in [4.78, 5) is 10.4. The van der Waals surface area contributed by atoms with Gasteiger partial charge in [0.05, 0.1) is 0 Å². The first-order valence-electron chi connectivity index (χ1n) is 3.60. The van der Waals surface area contributed by atoms with Crippen molar-refractivity contribution in [3.05, 3.63) is 29.3 Å². The van der Waals surface area contributed by atoms with Gasteiger partial charge in [-0.15, -0.1) is 0 Å². The molecular formula is C8H7F2NO3. The Hall–Kier alpha value is -1.69. The first kappa shape index (κ1) is 10.4. The summed E-state index contributed by atoms with van der Waals surface area (Å²) in [6, 6.07) is 0.119. The van der Waals surface area contributed by atoms with Crippen LogP contribution in [0.2, 0.25) is 0 Å². The lowest BCUT2D eigenvalue weighted by atomic mass is 10.1. The highest BCUT2D eigenvalue weighted by Crippen LogP contribution is 2.24. The van der Waals surface area contributed by atoms with Crippen molar-refractivity contribution in [3.63, 3.8) is 0 Å². The first-order valence-corrected chi connectivity index (χ1v) is 3.60. The quantitative estimate of drug-likeness (QED) is 0.662. The second-order valence-corrected chi connectivity index (χ2v) is 2.62. The van der Waals surface area contributed by atoms with Gasteiger partial charge in [-0.25, -0.2) is 4.39 Å². The average Bonchev–Trinajstić information content (AvgIpc) is 2.13. The third kappa shape index (κ3) is 1.64. The van der Waals surface area contributed by atoms with Crippen LogP contribution in [0, 0.1) is 11.6 Å². The molecule has 0 amide bonds. The third-order valence-electron chi connectivity index (χ3n) is 1.69. The van der Waals surface area contributed by atoms with Gasteiger partial charge in [0, 0.05) is 5.56 Å². The minimum absolute atomic E-state index is 0.507. The van der Waals surface area contributed by atoms with Crippen molar-refractivity contribution in [2.75, 3.05) is 0 Å². The second kappa shape index (κ2) is 3.59. The number of carbonyl (C=O) groups is 1. The van der Waals surface area contributed by atoms with Gasteiger partial charge in [-0.1, -0.05) is 6.07 Å². The Morgan fingerprint density at radius 3 is 2.43 bits per heavy atom.